The third kappa shape index (κ3) is 3.65. The van der Waals surface area contributed by atoms with E-state index in [2.05, 4.69) is 10.2 Å². The minimum Gasteiger partial charge on any atom is -0.493 e. The van der Waals surface area contributed by atoms with E-state index < -0.39 is 23.8 Å². The van der Waals surface area contributed by atoms with Gasteiger partial charge in [0.15, 0.2) is 0 Å². The van der Waals surface area contributed by atoms with Crippen molar-refractivity contribution >= 4 is 23.8 Å². The molecule has 0 spiro atoms. The molecule has 1 atom stereocenters. The largest absolute Gasteiger partial charge is 0.493 e. The van der Waals surface area contributed by atoms with Crippen LogP contribution >= 0.6 is 0 Å². The highest BCUT2D eigenvalue weighted by Gasteiger charge is 2.43. The summed E-state index contributed by atoms with van der Waals surface area (Å²) in [6, 6.07) is 9.14. The van der Waals surface area contributed by atoms with Crippen molar-refractivity contribution in [3.05, 3.63) is 64.5 Å². The lowest BCUT2D eigenvalue weighted by Gasteiger charge is -2.45. The second kappa shape index (κ2) is 8.16. The molecule has 0 bridgehead atoms. The average Bonchev–Trinajstić information content (AvgIpc) is 3.05. The van der Waals surface area contributed by atoms with Gasteiger partial charge in [-0.25, -0.2) is 14.2 Å². The number of ether oxygens (including phenoxy) is 1. The third-order valence-corrected chi connectivity index (χ3v) is 7.22. The first-order valence-corrected chi connectivity index (χ1v) is 11.7. The molecule has 5 amide bonds. The van der Waals surface area contributed by atoms with E-state index in [4.69, 9.17) is 4.74 Å². The molecule has 1 unspecified atom stereocenters. The zero-order chi connectivity index (χ0) is 24.3. The van der Waals surface area contributed by atoms with E-state index in [1.807, 2.05) is 12.1 Å². The molecule has 1 N–H and O–H groups in total. The number of urea groups is 1. The van der Waals surface area contributed by atoms with Crippen molar-refractivity contribution in [1.29, 1.82) is 0 Å². The van der Waals surface area contributed by atoms with Crippen molar-refractivity contribution < 1.29 is 28.3 Å². The normalized spacial score (nSPS) is 22.5. The molecule has 4 heterocycles. The standard InChI is InChI=1S/C25H23FN4O5/c26-16-2-4-18-17(6-8-35-21(18)10-16)15-12-28(13-15)11-14-1-3-19-20(9-14)24(33)30(23(19)32)29-7-5-22(31)27-25(29)34/h1-4,9-10,15,17H,5-8,11-13H2,(H,27,31,34). The quantitative estimate of drug-likeness (QED) is 0.677. The average molecular weight is 478 g/mol. The SMILES string of the molecule is O=C1CCN(N2C(=O)c3ccc(CN4CC(C5CCOc6cc(F)ccc65)C4)cc3C2=O)C(=O)N1. The number of hydrazine groups is 1. The molecule has 9 nitrogen and oxygen atoms in total. The molecule has 6 rings (SSSR count). The zero-order valence-corrected chi connectivity index (χ0v) is 18.8. The molecule has 2 aromatic carbocycles. The number of imide groups is 2. The molecular formula is C25H23FN4O5. The molecule has 4 aliphatic heterocycles. The van der Waals surface area contributed by atoms with Gasteiger partial charge in [0, 0.05) is 32.1 Å². The van der Waals surface area contributed by atoms with Crippen LogP contribution in [0.15, 0.2) is 36.4 Å². The second-order valence-electron chi connectivity index (χ2n) is 9.41. The van der Waals surface area contributed by atoms with E-state index in [0.717, 1.165) is 40.7 Å². The molecule has 180 valence electrons. The second-order valence-corrected chi connectivity index (χ2v) is 9.41. The van der Waals surface area contributed by atoms with E-state index in [1.54, 1.807) is 12.1 Å². The number of rotatable bonds is 4. The molecule has 0 aliphatic carbocycles. The van der Waals surface area contributed by atoms with E-state index in [9.17, 15) is 23.6 Å². The number of hydrogen-bond acceptors (Lipinski definition) is 6. The summed E-state index contributed by atoms with van der Waals surface area (Å²) in [5, 5.41) is 3.95. The molecule has 0 saturated carbocycles. The van der Waals surface area contributed by atoms with Gasteiger partial charge >= 0.3 is 6.03 Å². The summed E-state index contributed by atoms with van der Waals surface area (Å²) in [5.41, 5.74) is 2.47. The van der Waals surface area contributed by atoms with Crippen LogP contribution in [0, 0.1) is 11.7 Å². The predicted octanol–water partition coefficient (Wildman–Crippen LogP) is 2.28. The first-order valence-electron chi connectivity index (χ1n) is 11.7. The fourth-order valence-electron chi connectivity index (χ4n) is 5.47. The van der Waals surface area contributed by atoms with Crippen LogP contribution in [0.1, 0.15) is 50.6 Å². The number of amides is 5. The first-order chi connectivity index (χ1) is 16.9. The lowest BCUT2D eigenvalue weighted by Crippen LogP contribution is -2.58. The van der Waals surface area contributed by atoms with Crippen LogP contribution in [0.3, 0.4) is 0 Å². The van der Waals surface area contributed by atoms with Crippen LogP contribution in [0.25, 0.3) is 0 Å². The first kappa shape index (κ1) is 21.7. The van der Waals surface area contributed by atoms with E-state index >= 15 is 0 Å². The maximum Gasteiger partial charge on any atom is 0.343 e. The maximum atomic E-state index is 13.6. The lowest BCUT2D eigenvalue weighted by molar-refractivity contribution is -0.122. The molecule has 2 saturated heterocycles. The van der Waals surface area contributed by atoms with E-state index in [-0.39, 0.29) is 29.9 Å². The van der Waals surface area contributed by atoms with Crippen molar-refractivity contribution in [2.75, 3.05) is 26.2 Å². The van der Waals surface area contributed by atoms with Crippen molar-refractivity contribution in [1.82, 2.24) is 20.2 Å². The third-order valence-electron chi connectivity index (χ3n) is 7.22. The fourth-order valence-corrected chi connectivity index (χ4v) is 5.47. The number of hydrogen-bond donors (Lipinski definition) is 1. The topological polar surface area (TPSA) is 99.3 Å². The number of fused-ring (bicyclic) bond motifs is 2. The molecule has 0 aromatic heterocycles. The highest BCUT2D eigenvalue weighted by atomic mass is 19.1. The van der Waals surface area contributed by atoms with E-state index in [0.29, 0.717) is 30.7 Å². The highest BCUT2D eigenvalue weighted by molar-refractivity contribution is 6.22. The smallest absolute Gasteiger partial charge is 0.343 e. The molecule has 35 heavy (non-hydrogen) atoms. The zero-order valence-electron chi connectivity index (χ0n) is 18.8. The Labute approximate surface area is 200 Å². The van der Waals surface area contributed by atoms with Crippen LogP contribution < -0.4 is 10.1 Å². The van der Waals surface area contributed by atoms with Crippen LogP contribution in [0.2, 0.25) is 0 Å². The minimum atomic E-state index is -0.778. The molecular weight excluding hydrogens is 455 g/mol. The van der Waals surface area contributed by atoms with Gasteiger partial charge in [-0.15, -0.1) is 0 Å². The summed E-state index contributed by atoms with van der Waals surface area (Å²) in [4.78, 5) is 51.7. The van der Waals surface area contributed by atoms with Crippen LogP contribution in [0.4, 0.5) is 9.18 Å². The Morgan fingerprint density at radius 3 is 2.60 bits per heavy atom. The number of halogens is 1. The maximum absolute atomic E-state index is 13.6. The van der Waals surface area contributed by atoms with Crippen LogP contribution in [-0.4, -0.2) is 64.9 Å². The fraction of sp³-hybridized carbons (Fsp3) is 0.360. The van der Waals surface area contributed by atoms with Gasteiger partial charge < -0.3 is 4.74 Å². The van der Waals surface area contributed by atoms with Gasteiger partial charge in [-0.1, -0.05) is 12.1 Å². The van der Waals surface area contributed by atoms with Crippen LogP contribution in [0.5, 0.6) is 5.75 Å². The van der Waals surface area contributed by atoms with Gasteiger partial charge in [-0.2, -0.15) is 5.01 Å². The highest BCUT2D eigenvalue weighted by Crippen LogP contribution is 2.42. The molecule has 0 radical (unpaired) electrons. The van der Waals surface area contributed by atoms with Crippen molar-refractivity contribution in [3.8, 4) is 5.75 Å². The number of carbonyl (C=O) groups excluding carboxylic acids is 4. The summed E-state index contributed by atoms with van der Waals surface area (Å²) < 4.78 is 19.2. The van der Waals surface area contributed by atoms with Gasteiger partial charge in [0.1, 0.15) is 11.6 Å². The van der Waals surface area contributed by atoms with Gasteiger partial charge in [0.2, 0.25) is 5.91 Å². The molecule has 10 heteroatoms. The van der Waals surface area contributed by atoms with Gasteiger partial charge in [-0.3, -0.25) is 24.6 Å². The van der Waals surface area contributed by atoms with E-state index in [1.165, 1.54) is 12.1 Å². The predicted molar refractivity (Wildman–Crippen MR) is 120 cm³/mol. The van der Waals surface area contributed by atoms with Crippen molar-refractivity contribution in [2.45, 2.75) is 25.3 Å². The van der Waals surface area contributed by atoms with Gasteiger partial charge in [0.25, 0.3) is 11.8 Å². The Morgan fingerprint density at radius 1 is 1.00 bits per heavy atom. The number of likely N-dealkylation sites (tertiary alicyclic amines) is 1. The number of carbonyl (C=O) groups is 4. The summed E-state index contributed by atoms with van der Waals surface area (Å²) in [7, 11) is 0. The molecule has 4 aliphatic rings. The number of nitrogens with zero attached hydrogens (tertiary/aromatic N) is 3. The molecule has 2 aromatic rings. The lowest BCUT2D eigenvalue weighted by atomic mass is 9.77. The molecule has 2 fully saturated rings. The Bertz CT molecular complexity index is 1270. The number of benzene rings is 2. The monoisotopic (exact) mass is 478 g/mol. The Morgan fingerprint density at radius 2 is 1.80 bits per heavy atom. The van der Waals surface area contributed by atoms with Gasteiger partial charge in [-0.05, 0) is 47.6 Å². The summed E-state index contributed by atoms with van der Waals surface area (Å²) in [5.74, 6) is -0.462. The number of nitrogens with one attached hydrogen (secondary N) is 1. The minimum absolute atomic E-state index is 0.0209. The Balaban J connectivity index is 1.12. The summed E-state index contributed by atoms with van der Waals surface area (Å²) >= 11 is 0. The summed E-state index contributed by atoms with van der Waals surface area (Å²) in [6.45, 7) is 2.93. The van der Waals surface area contributed by atoms with Crippen molar-refractivity contribution in [2.24, 2.45) is 5.92 Å². The Kier molecular flexibility index (Phi) is 5.06. The van der Waals surface area contributed by atoms with Crippen LogP contribution in [-0.2, 0) is 11.3 Å². The Hall–Kier alpha value is -3.79. The van der Waals surface area contributed by atoms with Crippen molar-refractivity contribution in [3.63, 3.8) is 0 Å². The summed E-state index contributed by atoms with van der Waals surface area (Å²) in [6.07, 6.45) is 0.922. The van der Waals surface area contributed by atoms with Gasteiger partial charge in [0.05, 0.1) is 24.3 Å².